The lowest BCUT2D eigenvalue weighted by Gasteiger charge is -2.06. The van der Waals surface area contributed by atoms with Crippen LogP contribution in [0.15, 0.2) is 57.1 Å². The number of halogens is 2. The van der Waals surface area contributed by atoms with Gasteiger partial charge in [-0.3, -0.25) is 4.79 Å². The van der Waals surface area contributed by atoms with Gasteiger partial charge in [0.25, 0.3) is 5.91 Å². The van der Waals surface area contributed by atoms with Crippen molar-refractivity contribution in [1.29, 1.82) is 0 Å². The molecule has 33 heavy (non-hydrogen) atoms. The number of hydrogen-bond acceptors (Lipinski definition) is 9. The second-order valence-electron chi connectivity index (χ2n) is 6.71. The molecule has 0 radical (unpaired) electrons. The first-order chi connectivity index (χ1) is 15.9. The molecule has 4 rings (SSSR count). The molecule has 2 aromatic carbocycles. The SMILES string of the molecule is Cc1ccc(SCc2c(C(=O)NN=Cc3c(F)cccc3Cl)nnn2-c2nonc2N)cc1. The van der Waals surface area contributed by atoms with Gasteiger partial charge in [-0.25, -0.2) is 14.4 Å². The van der Waals surface area contributed by atoms with E-state index in [4.69, 9.17) is 17.3 Å². The first-order valence-corrected chi connectivity index (χ1v) is 10.8. The quantitative estimate of drug-likeness (QED) is 0.230. The van der Waals surface area contributed by atoms with E-state index in [2.05, 4.69) is 35.8 Å². The van der Waals surface area contributed by atoms with Crippen LogP contribution in [0, 0.1) is 12.7 Å². The van der Waals surface area contributed by atoms with Gasteiger partial charge < -0.3 is 5.73 Å². The summed E-state index contributed by atoms with van der Waals surface area (Å²) in [5.41, 5.74) is 9.64. The number of hydrazone groups is 1. The van der Waals surface area contributed by atoms with Crippen molar-refractivity contribution in [2.75, 3.05) is 5.73 Å². The number of rotatable bonds is 7. The number of benzene rings is 2. The van der Waals surface area contributed by atoms with Crippen molar-refractivity contribution < 1.29 is 13.8 Å². The van der Waals surface area contributed by atoms with E-state index in [9.17, 15) is 9.18 Å². The van der Waals surface area contributed by atoms with Gasteiger partial charge in [-0.15, -0.1) is 16.9 Å². The van der Waals surface area contributed by atoms with Crippen LogP contribution in [-0.4, -0.2) is 37.4 Å². The Kier molecular flexibility index (Phi) is 6.66. The Hall–Kier alpha value is -3.77. The molecule has 0 fully saturated rings. The minimum atomic E-state index is -0.667. The van der Waals surface area contributed by atoms with E-state index in [1.54, 1.807) is 0 Å². The summed E-state index contributed by atoms with van der Waals surface area (Å²) in [4.78, 5) is 13.8. The maximum absolute atomic E-state index is 13.9. The number of amides is 1. The molecule has 3 N–H and O–H groups in total. The molecule has 0 spiro atoms. The molecular formula is C20H16ClFN8O2S. The van der Waals surface area contributed by atoms with Gasteiger partial charge in [-0.1, -0.05) is 40.6 Å². The Morgan fingerprint density at radius 3 is 2.79 bits per heavy atom. The van der Waals surface area contributed by atoms with Crippen molar-refractivity contribution in [3.05, 3.63) is 75.8 Å². The van der Waals surface area contributed by atoms with E-state index >= 15 is 0 Å². The predicted molar refractivity (Wildman–Crippen MR) is 121 cm³/mol. The highest BCUT2D eigenvalue weighted by atomic mass is 35.5. The van der Waals surface area contributed by atoms with Crippen LogP contribution in [0.4, 0.5) is 10.2 Å². The molecule has 0 unspecified atom stereocenters. The third-order valence-corrected chi connectivity index (χ3v) is 5.78. The fourth-order valence-electron chi connectivity index (χ4n) is 2.74. The minimum absolute atomic E-state index is 0.0133. The maximum Gasteiger partial charge on any atom is 0.293 e. The van der Waals surface area contributed by atoms with Gasteiger partial charge in [0.2, 0.25) is 11.6 Å². The van der Waals surface area contributed by atoms with Gasteiger partial charge >= 0.3 is 0 Å². The van der Waals surface area contributed by atoms with E-state index in [-0.39, 0.29) is 27.9 Å². The number of nitrogens with two attached hydrogens (primary N) is 1. The molecule has 0 bridgehead atoms. The molecule has 0 atom stereocenters. The number of aromatic nitrogens is 5. The maximum atomic E-state index is 13.9. The molecule has 1 amide bonds. The van der Waals surface area contributed by atoms with Crippen LogP contribution in [0.3, 0.4) is 0 Å². The highest BCUT2D eigenvalue weighted by molar-refractivity contribution is 7.98. The standard InChI is InChI=1S/C20H16ClFN8O2S/c1-11-5-7-12(8-6-11)33-10-16-17(25-29-30(16)19-18(23)27-32-28-19)20(31)26-24-9-13-14(21)3-2-4-15(13)22/h2-9H,10H2,1H3,(H2,23,27)(H,26,31). The third kappa shape index (κ3) is 5.02. The van der Waals surface area contributed by atoms with E-state index in [1.807, 2.05) is 31.2 Å². The van der Waals surface area contributed by atoms with Crippen LogP contribution in [0.25, 0.3) is 5.82 Å². The van der Waals surface area contributed by atoms with Crippen LogP contribution < -0.4 is 11.2 Å². The fourth-order valence-corrected chi connectivity index (χ4v) is 3.85. The van der Waals surface area contributed by atoms with Gasteiger partial charge in [-0.2, -0.15) is 9.78 Å². The summed E-state index contributed by atoms with van der Waals surface area (Å²) in [5, 5.41) is 19.1. The fraction of sp³-hybridized carbons (Fsp3) is 0.100. The summed E-state index contributed by atoms with van der Waals surface area (Å²) in [5.74, 6) is -0.855. The molecule has 168 valence electrons. The number of nitrogens with zero attached hydrogens (tertiary/aromatic N) is 6. The number of thioether (sulfide) groups is 1. The van der Waals surface area contributed by atoms with E-state index in [1.165, 1.54) is 34.6 Å². The van der Waals surface area contributed by atoms with Crippen LogP contribution in [-0.2, 0) is 5.75 Å². The summed E-state index contributed by atoms with van der Waals surface area (Å²) in [6.45, 7) is 1.99. The largest absolute Gasteiger partial charge is 0.378 e. The summed E-state index contributed by atoms with van der Waals surface area (Å²) >= 11 is 7.42. The van der Waals surface area contributed by atoms with Crippen molar-refractivity contribution in [2.45, 2.75) is 17.6 Å². The normalized spacial score (nSPS) is 11.2. The zero-order chi connectivity index (χ0) is 23.4. The van der Waals surface area contributed by atoms with Crippen molar-refractivity contribution in [3.8, 4) is 5.82 Å². The molecule has 0 aliphatic rings. The Balaban J connectivity index is 1.59. The smallest absolute Gasteiger partial charge is 0.293 e. The number of carbonyl (C=O) groups excluding carboxylic acids is 1. The molecule has 0 aliphatic carbocycles. The Morgan fingerprint density at radius 1 is 1.30 bits per heavy atom. The predicted octanol–water partition coefficient (Wildman–Crippen LogP) is 3.39. The topological polar surface area (TPSA) is 137 Å². The van der Waals surface area contributed by atoms with E-state index in [0.717, 1.165) is 16.7 Å². The Morgan fingerprint density at radius 2 is 2.09 bits per heavy atom. The zero-order valence-electron chi connectivity index (χ0n) is 17.1. The van der Waals surface area contributed by atoms with Crippen molar-refractivity contribution in [3.63, 3.8) is 0 Å². The number of hydrogen-bond donors (Lipinski definition) is 2. The van der Waals surface area contributed by atoms with Gasteiger partial charge in [0.15, 0.2) is 5.69 Å². The lowest BCUT2D eigenvalue weighted by atomic mass is 10.2. The first-order valence-electron chi connectivity index (χ1n) is 9.44. The van der Waals surface area contributed by atoms with Crippen molar-refractivity contribution in [2.24, 2.45) is 5.10 Å². The second kappa shape index (κ2) is 9.79. The summed E-state index contributed by atoms with van der Waals surface area (Å²) in [6, 6.07) is 12.1. The van der Waals surface area contributed by atoms with E-state index in [0.29, 0.717) is 11.4 Å². The monoisotopic (exact) mass is 486 g/mol. The zero-order valence-corrected chi connectivity index (χ0v) is 18.6. The highest BCUT2D eigenvalue weighted by Crippen LogP contribution is 2.26. The van der Waals surface area contributed by atoms with Crippen LogP contribution in [0.1, 0.15) is 27.3 Å². The Bertz CT molecular complexity index is 1300. The van der Waals surface area contributed by atoms with Gasteiger partial charge in [-0.05, 0) is 41.5 Å². The molecular weight excluding hydrogens is 471 g/mol. The third-order valence-electron chi connectivity index (χ3n) is 4.43. The lowest BCUT2D eigenvalue weighted by Crippen LogP contribution is -2.20. The highest BCUT2D eigenvalue weighted by Gasteiger charge is 2.24. The van der Waals surface area contributed by atoms with Gasteiger partial charge in [0.05, 0.1) is 16.9 Å². The number of nitrogen functional groups attached to an aromatic ring is 1. The van der Waals surface area contributed by atoms with Crippen molar-refractivity contribution in [1.82, 2.24) is 30.7 Å². The van der Waals surface area contributed by atoms with Crippen LogP contribution in [0.5, 0.6) is 0 Å². The summed E-state index contributed by atoms with van der Waals surface area (Å²) < 4.78 is 19.8. The lowest BCUT2D eigenvalue weighted by molar-refractivity contribution is 0.0949. The first kappa shape index (κ1) is 22.4. The average Bonchev–Trinajstić information content (AvgIpc) is 3.41. The number of aryl methyl sites for hydroxylation is 1. The minimum Gasteiger partial charge on any atom is -0.378 e. The van der Waals surface area contributed by atoms with E-state index < -0.39 is 11.7 Å². The summed E-state index contributed by atoms with van der Waals surface area (Å²) in [6.07, 6.45) is 1.11. The molecule has 0 saturated carbocycles. The molecule has 10 nitrogen and oxygen atoms in total. The Labute approximate surface area is 196 Å². The second-order valence-corrected chi connectivity index (χ2v) is 8.16. The average molecular weight is 487 g/mol. The number of nitrogens with one attached hydrogen (secondary N) is 1. The number of anilines is 1. The molecule has 0 aliphatic heterocycles. The van der Waals surface area contributed by atoms with Gasteiger partial charge in [0, 0.05) is 16.2 Å². The molecule has 0 saturated heterocycles. The molecule has 4 aromatic rings. The number of carbonyl (C=O) groups is 1. The molecule has 2 aromatic heterocycles. The molecule has 13 heteroatoms. The van der Waals surface area contributed by atoms with Crippen molar-refractivity contribution >= 4 is 41.3 Å². The van der Waals surface area contributed by atoms with Crippen LogP contribution in [0.2, 0.25) is 5.02 Å². The van der Waals surface area contributed by atoms with Crippen LogP contribution >= 0.6 is 23.4 Å². The molecule has 2 heterocycles. The van der Waals surface area contributed by atoms with Gasteiger partial charge in [0.1, 0.15) is 5.82 Å². The summed E-state index contributed by atoms with van der Waals surface area (Å²) in [7, 11) is 0.